The number of aliphatic hydroxyl groups is 17. The average molecular weight is 1590 g/mol. The number of rotatable bonds is 28. The average Bonchev–Trinajstić information content (AvgIpc) is 0.769. The molecule has 0 aliphatic carbocycles. The van der Waals surface area contributed by atoms with Gasteiger partial charge in [-0.1, -0.05) is 0 Å². The number of hydrogen-bond donors (Lipinski definition) is 25. The molecule has 8 aliphatic heterocycles. The Morgan fingerprint density at radius 2 is 0.875 bits per heavy atom. The summed E-state index contributed by atoms with van der Waals surface area (Å²) in [6.45, 7) is -5.05. The summed E-state index contributed by atoms with van der Waals surface area (Å²) < 4.78 is 193. The minimum atomic E-state index is -5.74. The van der Waals surface area contributed by atoms with Crippen molar-refractivity contribution in [3.8, 4) is 0 Å². The van der Waals surface area contributed by atoms with Crippen molar-refractivity contribution in [3.05, 3.63) is 11.8 Å². The van der Waals surface area contributed by atoms with E-state index in [1.165, 1.54) is 4.72 Å². The Morgan fingerprint density at radius 1 is 0.452 bits per heavy atom. The molecule has 8 rings (SSSR count). The van der Waals surface area contributed by atoms with Crippen LogP contribution in [0.25, 0.3) is 0 Å². The van der Waals surface area contributed by atoms with Gasteiger partial charge in [-0.2, -0.15) is 30.0 Å². The van der Waals surface area contributed by atoms with E-state index in [1.54, 1.807) is 0 Å². The zero-order valence-corrected chi connectivity index (χ0v) is 55.0. The molecule has 600 valence electrons. The van der Waals surface area contributed by atoms with Crippen molar-refractivity contribution >= 4 is 54.9 Å². The maximum Gasteiger partial charge on any atom is 0.397 e. The van der Waals surface area contributed by atoms with Gasteiger partial charge in [0.05, 0.1) is 33.0 Å². The van der Waals surface area contributed by atoms with Crippen molar-refractivity contribution < 1.29 is 240 Å². The molecule has 0 aromatic rings. The van der Waals surface area contributed by atoms with E-state index in [-0.39, 0.29) is 0 Å². The normalized spacial score (nSPS) is 45.5. The molecule has 25 N–H and O–H groups in total. The lowest BCUT2D eigenvalue weighted by atomic mass is 9.94. The molecule has 0 unspecified atom stereocenters. The van der Waals surface area contributed by atoms with Gasteiger partial charge >= 0.3 is 49.0 Å². The lowest BCUT2D eigenvalue weighted by molar-refractivity contribution is -0.390. The van der Waals surface area contributed by atoms with Crippen LogP contribution in [0.3, 0.4) is 0 Å². The van der Waals surface area contributed by atoms with Gasteiger partial charge in [-0.3, -0.25) is 18.5 Å². The first-order valence-electron chi connectivity index (χ1n) is 30.2. The summed E-state index contributed by atoms with van der Waals surface area (Å²) in [6, 6.07) is -4.90. The lowest BCUT2D eigenvalue weighted by Gasteiger charge is -2.50. The van der Waals surface area contributed by atoms with Crippen molar-refractivity contribution in [2.75, 3.05) is 33.0 Å². The number of carbonyl (C=O) groups is 4. The summed E-state index contributed by atoms with van der Waals surface area (Å²) in [6.07, 6.45) is -82.3. The molecular formula is C49H76N2O50S3. The van der Waals surface area contributed by atoms with Crippen molar-refractivity contribution in [3.63, 3.8) is 0 Å². The van der Waals surface area contributed by atoms with Crippen molar-refractivity contribution in [1.82, 2.24) is 10.0 Å². The van der Waals surface area contributed by atoms with E-state index in [9.17, 15) is 160 Å². The number of carbonyl (C=O) groups excluding carboxylic acids is 1. The first-order valence-corrected chi connectivity index (χ1v) is 34.4. The minimum Gasteiger partial charge on any atom is -0.479 e. The highest BCUT2D eigenvalue weighted by Gasteiger charge is 2.61. The fourth-order valence-corrected chi connectivity index (χ4v) is 13.3. The van der Waals surface area contributed by atoms with E-state index >= 15 is 0 Å². The molecule has 8 aliphatic rings. The highest BCUT2D eigenvalue weighted by Crippen LogP contribution is 2.39. The second kappa shape index (κ2) is 34.8. The molecule has 104 heavy (non-hydrogen) atoms. The Bertz CT molecular complexity index is 3310. The van der Waals surface area contributed by atoms with E-state index in [2.05, 4.69) is 13.7 Å². The molecule has 0 radical (unpaired) electrons. The molecule has 52 nitrogen and oxygen atoms in total. The molecule has 7 fully saturated rings. The van der Waals surface area contributed by atoms with Crippen LogP contribution in [-0.2, 0) is 130 Å². The smallest absolute Gasteiger partial charge is 0.397 e. The summed E-state index contributed by atoms with van der Waals surface area (Å²) in [4.78, 5) is 50.6. The van der Waals surface area contributed by atoms with E-state index in [4.69, 9.17) is 71.1 Å². The topological polar surface area (TPSA) is 817 Å². The Kier molecular flexibility index (Phi) is 28.6. The molecule has 37 atom stereocenters. The first-order chi connectivity index (χ1) is 48.4. The van der Waals surface area contributed by atoms with Crippen LogP contribution in [0.4, 0.5) is 0 Å². The summed E-state index contributed by atoms with van der Waals surface area (Å²) in [5.74, 6) is -8.74. The molecular weight excluding hydrogens is 1510 g/mol. The van der Waals surface area contributed by atoms with E-state index in [0.29, 0.717) is 6.08 Å². The molecule has 55 heteroatoms. The van der Waals surface area contributed by atoms with Gasteiger partial charge in [-0.05, 0) is 6.08 Å². The molecule has 0 bridgehead atoms. The second-order valence-corrected chi connectivity index (χ2v) is 27.3. The molecule has 0 aromatic carbocycles. The fourth-order valence-electron chi connectivity index (χ4n) is 11.9. The number of hydrogen-bond acceptors (Lipinski definition) is 44. The summed E-state index contributed by atoms with van der Waals surface area (Å²) >= 11 is 0. The van der Waals surface area contributed by atoms with Crippen LogP contribution in [0.2, 0.25) is 0 Å². The van der Waals surface area contributed by atoms with Crippen LogP contribution < -0.4 is 10.0 Å². The van der Waals surface area contributed by atoms with Crippen LogP contribution in [0, 0.1) is 0 Å². The molecule has 0 saturated carbocycles. The SMILES string of the molecule is CC(=O)N[C@H]1[C@@H](O[C@H]2[C@H](O)[C@@H](O)[C@H](O[C@H]3[C@@H](O)[C@@H](CO)O[C@@H](O[C@H]4[C@@H](O)[C@@H](CO)O[C@@H](O[C@@H]5CO[C@@H](O)[C@H](O)[C@H]5O)[C@@H]4O)[C@@H]3O)O[C@@H]2C(=O)O)O[C@H](CO)[C@@H](O[C@@H]2O[C@@H](C(=O)O)[C@@H](O[C@H]3O[C@H](COS(=O)(=O)O)[C@@H](O[C@@H]4OC(C(=O)O)=C[C@H](O)[C@H]4OS(=O)(=O)O)[C@H](O)[C@H]3NS(=O)(=O)O)[C@H](O)[C@H]2O)[C@@H]1O. The summed E-state index contributed by atoms with van der Waals surface area (Å²) in [5, 5.41) is 219. The van der Waals surface area contributed by atoms with Crippen LogP contribution >= 0.6 is 0 Å². The fraction of sp³-hybridized carbons (Fsp3) is 0.878. The third-order valence-electron chi connectivity index (χ3n) is 16.9. The zero-order chi connectivity index (χ0) is 77.4. The second-order valence-electron chi connectivity index (χ2n) is 24.0. The molecule has 0 spiro atoms. The van der Waals surface area contributed by atoms with E-state index in [1.807, 2.05) is 0 Å². The largest absolute Gasteiger partial charge is 0.479 e. The van der Waals surface area contributed by atoms with Gasteiger partial charge in [0.1, 0.15) is 159 Å². The number of carboxylic acid groups (broad SMARTS) is 3. The predicted molar refractivity (Wildman–Crippen MR) is 303 cm³/mol. The third kappa shape index (κ3) is 19.9. The Hall–Kier alpha value is -4.21. The van der Waals surface area contributed by atoms with Crippen molar-refractivity contribution in [2.45, 2.75) is 234 Å². The van der Waals surface area contributed by atoms with Gasteiger partial charge in [-0.25, -0.2) is 22.7 Å². The number of nitrogens with one attached hydrogen (secondary N) is 2. The van der Waals surface area contributed by atoms with E-state index in [0.717, 1.165) is 6.92 Å². The first kappa shape index (κ1) is 85.4. The molecule has 1 amide bonds. The van der Waals surface area contributed by atoms with Crippen LogP contribution in [0.15, 0.2) is 11.8 Å². The van der Waals surface area contributed by atoms with Crippen LogP contribution in [0.5, 0.6) is 0 Å². The minimum absolute atomic E-state index is 0.296. The van der Waals surface area contributed by atoms with Gasteiger partial charge in [0.25, 0.3) is 0 Å². The Labute approximate surface area is 582 Å². The monoisotopic (exact) mass is 1590 g/mol. The lowest BCUT2D eigenvalue weighted by Crippen LogP contribution is -2.71. The summed E-state index contributed by atoms with van der Waals surface area (Å²) in [5.41, 5.74) is 0. The maximum atomic E-state index is 13.0. The molecule has 0 aromatic heterocycles. The van der Waals surface area contributed by atoms with Crippen LogP contribution in [0.1, 0.15) is 6.92 Å². The predicted octanol–water partition coefficient (Wildman–Crippen LogP) is -17.2. The highest BCUT2D eigenvalue weighted by atomic mass is 32.3. The Morgan fingerprint density at radius 3 is 1.33 bits per heavy atom. The zero-order valence-electron chi connectivity index (χ0n) is 52.5. The van der Waals surface area contributed by atoms with Gasteiger partial charge in [-0.15, -0.1) is 0 Å². The number of ether oxygens (including phenoxy) is 15. The van der Waals surface area contributed by atoms with Gasteiger partial charge in [0.2, 0.25) is 18.0 Å². The van der Waals surface area contributed by atoms with Crippen LogP contribution in [-0.4, -0.2) is 425 Å². The van der Waals surface area contributed by atoms with Crippen molar-refractivity contribution in [1.29, 1.82) is 0 Å². The molecule has 8 heterocycles. The quantitative estimate of drug-likeness (QED) is 0.0324. The van der Waals surface area contributed by atoms with Gasteiger partial charge in [0, 0.05) is 6.92 Å². The van der Waals surface area contributed by atoms with Gasteiger partial charge in [0.15, 0.2) is 62.3 Å². The third-order valence-corrected chi connectivity index (χ3v) is 18.4. The number of aliphatic carboxylic acids is 3. The number of amides is 1. The Balaban J connectivity index is 0.979. The standard InChI is InChI=1S/C49H76N2O50S3/c1-8(55)50-16-21(60)31(93-45-26(65)23(62)36(38(99-45)41(73)74)98-44-17(51-102(76,77)78)22(61)32(15(92-44)7-86-103(79,80)81)94-49-30(101-104(82,83)84)9(56)2-10(87-49)39(69)70)13(5-54)90-43(16)97-35-24(63)27(66)46(100-37(35)40(71)72)95-34-20(59)12(4-53)89-48(29(34)68)96-33-19(58)11(3-52)88-47(28(33)67)91-14-6-85-42(75)25(64)18(14)57/h2,9,11-38,42-49,51-54,56-68,75H,3-7H2,1H3,(H,50,55)(H,69,70)(H,71,72)(H,73,74)(H,76,77,78)(H,79,80,81)(H,82,83,84)/t9-,11+,12+,13+,14+,15+,16+,17+,18-,19-,20-,21+,22+,23+,24+,25+,26+,27+,28+,29+,30+,31+,32+,33-,34-,35-,36-,37-,38+,42+,43+,44+,45+,46+,47-,48-,49-/m0/s1. The number of carboxylic acids is 3. The highest BCUT2D eigenvalue weighted by molar-refractivity contribution is 7.83. The van der Waals surface area contributed by atoms with Crippen molar-refractivity contribution in [2.24, 2.45) is 0 Å². The summed E-state index contributed by atoms with van der Waals surface area (Å²) in [7, 11) is -17.1. The van der Waals surface area contributed by atoms with E-state index < -0.39 is 321 Å². The molecule has 7 saturated heterocycles. The van der Waals surface area contributed by atoms with Gasteiger partial charge < -0.3 is 179 Å². The maximum absolute atomic E-state index is 13.0. The number of aliphatic hydroxyl groups excluding tert-OH is 17.